The summed E-state index contributed by atoms with van der Waals surface area (Å²) in [4.78, 5) is 22.4. The summed E-state index contributed by atoms with van der Waals surface area (Å²) in [7, 11) is 1.53. The Kier molecular flexibility index (Phi) is 3.93. The van der Waals surface area contributed by atoms with Crippen molar-refractivity contribution >= 4 is 17.6 Å². The van der Waals surface area contributed by atoms with Crippen LogP contribution >= 0.6 is 0 Å². The molecule has 0 bridgehead atoms. The summed E-state index contributed by atoms with van der Waals surface area (Å²) in [6.45, 7) is 5.34. The molecule has 2 aromatic rings. The van der Waals surface area contributed by atoms with E-state index in [1.54, 1.807) is 4.52 Å². The minimum atomic E-state index is -0.886. The van der Waals surface area contributed by atoms with Crippen molar-refractivity contribution in [3.05, 3.63) is 18.1 Å². The summed E-state index contributed by atoms with van der Waals surface area (Å²) in [5.41, 5.74) is 0.0307. The Hall–Kier alpha value is -2.22. The lowest BCUT2D eigenvalue weighted by molar-refractivity contribution is -0.150. The van der Waals surface area contributed by atoms with Gasteiger partial charge in [-0.2, -0.15) is 14.6 Å². The fraction of sp³-hybridized carbons (Fsp3) is 0.600. The van der Waals surface area contributed by atoms with E-state index in [-0.39, 0.29) is 12.5 Å². The molecule has 0 amide bonds. The highest BCUT2D eigenvalue weighted by atomic mass is 16.5. The monoisotopic (exact) mass is 319 g/mol. The first-order valence-corrected chi connectivity index (χ1v) is 7.65. The second kappa shape index (κ2) is 5.77. The van der Waals surface area contributed by atoms with E-state index in [0.717, 1.165) is 11.5 Å². The van der Waals surface area contributed by atoms with Gasteiger partial charge in [-0.3, -0.25) is 4.79 Å². The second-order valence-electron chi connectivity index (χ2n) is 6.36. The van der Waals surface area contributed by atoms with Crippen molar-refractivity contribution in [3.8, 4) is 0 Å². The molecule has 0 radical (unpaired) electrons. The van der Waals surface area contributed by atoms with E-state index in [9.17, 15) is 9.90 Å². The maximum absolute atomic E-state index is 11.7. The fourth-order valence-corrected chi connectivity index (χ4v) is 3.03. The molecular formula is C15H21N5O3. The van der Waals surface area contributed by atoms with Crippen LogP contribution in [-0.4, -0.2) is 57.5 Å². The van der Waals surface area contributed by atoms with E-state index in [0.29, 0.717) is 25.3 Å². The molecule has 1 atom stereocenters. The third kappa shape index (κ3) is 2.63. The van der Waals surface area contributed by atoms with E-state index in [1.807, 2.05) is 11.0 Å². The predicted molar refractivity (Wildman–Crippen MR) is 83.6 cm³/mol. The summed E-state index contributed by atoms with van der Waals surface area (Å²) in [5.74, 6) is 0.789. The third-order valence-corrected chi connectivity index (χ3v) is 4.40. The van der Waals surface area contributed by atoms with Gasteiger partial charge in [0, 0.05) is 26.3 Å². The van der Waals surface area contributed by atoms with Crippen LogP contribution in [0.5, 0.6) is 0 Å². The Balaban J connectivity index is 2.01. The molecule has 124 valence electrons. The zero-order valence-electron chi connectivity index (χ0n) is 13.6. The van der Waals surface area contributed by atoms with Gasteiger partial charge in [-0.1, -0.05) is 13.8 Å². The average molecular weight is 319 g/mol. The quantitative estimate of drug-likeness (QED) is 0.884. The van der Waals surface area contributed by atoms with E-state index in [4.69, 9.17) is 4.74 Å². The van der Waals surface area contributed by atoms with Gasteiger partial charge in [0.25, 0.3) is 5.78 Å². The topological polar surface area (TPSA) is 92.9 Å². The van der Waals surface area contributed by atoms with Crippen LogP contribution in [0, 0.1) is 5.41 Å². The van der Waals surface area contributed by atoms with E-state index in [2.05, 4.69) is 28.9 Å². The van der Waals surface area contributed by atoms with Gasteiger partial charge < -0.3 is 14.7 Å². The van der Waals surface area contributed by atoms with E-state index in [1.165, 1.54) is 13.4 Å². The van der Waals surface area contributed by atoms with Gasteiger partial charge >= 0.3 is 5.97 Å². The Labute approximate surface area is 134 Å². The Morgan fingerprint density at radius 1 is 1.52 bits per heavy atom. The number of ether oxygens (including phenoxy) is 1. The highest BCUT2D eigenvalue weighted by Crippen LogP contribution is 2.34. The number of hydrogen-bond acceptors (Lipinski definition) is 6. The molecule has 0 spiro atoms. The summed E-state index contributed by atoms with van der Waals surface area (Å²) in [6, 6.07) is 1.97. The van der Waals surface area contributed by atoms with Crippen LogP contribution in [0.15, 0.2) is 12.4 Å². The van der Waals surface area contributed by atoms with Crippen LogP contribution in [0.4, 0.5) is 5.82 Å². The summed E-state index contributed by atoms with van der Waals surface area (Å²) < 4.78 is 6.82. The van der Waals surface area contributed by atoms with Gasteiger partial charge in [0.15, 0.2) is 0 Å². The smallest absolute Gasteiger partial charge is 0.313 e. The second-order valence-corrected chi connectivity index (χ2v) is 6.36. The lowest BCUT2D eigenvalue weighted by Gasteiger charge is -2.25. The highest BCUT2D eigenvalue weighted by Gasteiger charge is 2.45. The van der Waals surface area contributed by atoms with Crippen molar-refractivity contribution < 1.29 is 14.6 Å². The molecule has 8 heteroatoms. The van der Waals surface area contributed by atoms with Crippen LogP contribution in [0.3, 0.4) is 0 Å². The molecule has 1 unspecified atom stereocenters. The van der Waals surface area contributed by atoms with Crippen molar-refractivity contribution in [2.24, 2.45) is 5.41 Å². The van der Waals surface area contributed by atoms with Crippen LogP contribution in [0.25, 0.3) is 5.78 Å². The molecule has 23 heavy (non-hydrogen) atoms. The number of aromatic nitrogens is 4. The Morgan fingerprint density at radius 2 is 2.30 bits per heavy atom. The Morgan fingerprint density at radius 3 is 2.96 bits per heavy atom. The molecule has 0 aromatic carbocycles. The summed E-state index contributed by atoms with van der Waals surface area (Å²) in [6.07, 6.45) is 2.00. The zero-order valence-corrected chi connectivity index (χ0v) is 13.6. The van der Waals surface area contributed by atoms with Crippen molar-refractivity contribution in [3.63, 3.8) is 0 Å². The predicted octanol–water partition coefficient (Wildman–Crippen LogP) is 1.18. The van der Waals surface area contributed by atoms with Crippen molar-refractivity contribution in [1.29, 1.82) is 0 Å². The first kappa shape index (κ1) is 15.7. The summed E-state index contributed by atoms with van der Waals surface area (Å²) >= 11 is 0. The van der Waals surface area contributed by atoms with Crippen molar-refractivity contribution in [2.75, 3.05) is 31.7 Å². The number of nitrogens with zero attached hydrogens (tertiary/aromatic N) is 5. The van der Waals surface area contributed by atoms with Crippen LogP contribution in [0.2, 0.25) is 0 Å². The van der Waals surface area contributed by atoms with Gasteiger partial charge in [-0.25, -0.2) is 4.98 Å². The minimum Gasteiger partial charge on any atom is -0.481 e. The van der Waals surface area contributed by atoms with Gasteiger partial charge in [0.05, 0.1) is 12.3 Å². The lowest BCUT2D eigenvalue weighted by atomic mass is 9.88. The number of carboxylic acids is 1. The standard InChI is InChI=1S/C15H21N5O3/c1-10(2)11-6-12(20-14(18-11)16-9-17-20)19-5-4-15(7-19,8-23-3)13(21)22/h6,9-10H,4-5,7-8H2,1-3H3,(H,21,22). The molecule has 1 aliphatic rings. The van der Waals surface area contributed by atoms with Crippen LogP contribution < -0.4 is 4.90 Å². The zero-order chi connectivity index (χ0) is 16.6. The fourth-order valence-electron chi connectivity index (χ4n) is 3.03. The van der Waals surface area contributed by atoms with Crippen molar-refractivity contribution in [2.45, 2.75) is 26.2 Å². The first-order valence-electron chi connectivity index (χ1n) is 7.65. The van der Waals surface area contributed by atoms with Crippen LogP contribution in [0.1, 0.15) is 31.9 Å². The number of aliphatic carboxylic acids is 1. The molecular weight excluding hydrogens is 298 g/mol. The van der Waals surface area contributed by atoms with Gasteiger partial charge in [0.1, 0.15) is 17.6 Å². The van der Waals surface area contributed by atoms with E-state index < -0.39 is 11.4 Å². The molecule has 1 saturated heterocycles. The SMILES string of the molecule is COCC1(C(=O)O)CCN(c2cc(C(C)C)nc3ncnn23)C1. The van der Waals surface area contributed by atoms with Crippen LogP contribution in [-0.2, 0) is 9.53 Å². The van der Waals surface area contributed by atoms with Gasteiger partial charge in [0.2, 0.25) is 0 Å². The number of anilines is 1. The van der Waals surface area contributed by atoms with Gasteiger partial charge in [-0.05, 0) is 12.3 Å². The molecule has 3 rings (SSSR count). The average Bonchev–Trinajstić information content (AvgIpc) is 3.13. The molecule has 2 aromatic heterocycles. The number of carboxylic acid groups (broad SMARTS) is 1. The number of methoxy groups -OCH3 is 1. The first-order chi connectivity index (χ1) is 11.0. The number of carbonyl (C=O) groups is 1. The third-order valence-electron chi connectivity index (χ3n) is 4.40. The molecule has 3 heterocycles. The lowest BCUT2D eigenvalue weighted by Crippen LogP contribution is -2.39. The molecule has 1 fully saturated rings. The number of fused-ring (bicyclic) bond motifs is 1. The number of rotatable bonds is 5. The highest BCUT2D eigenvalue weighted by molar-refractivity contribution is 5.77. The molecule has 1 N–H and O–H groups in total. The Bertz CT molecular complexity index is 729. The molecule has 1 aliphatic heterocycles. The summed E-state index contributed by atoms with van der Waals surface area (Å²) in [5, 5.41) is 13.8. The maximum Gasteiger partial charge on any atom is 0.313 e. The normalized spacial score (nSPS) is 21.5. The molecule has 0 saturated carbocycles. The molecule has 8 nitrogen and oxygen atoms in total. The van der Waals surface area contributed by atoms with Crippen molar-refractivity contribution in [1.82, 2.24) is 19.6 Å². The van der Waals surface area contributed by atoms with E-state index >= 15 is 0 Å². The minimum absolute atomic E-state index is 0.196. The number of hydrogen-bond donors (Lipinski definition) is 1. The molecule has 0 aliphatic carbocycles. The van der Waals surface area contributed by atoms with Gasteiger partial charge in [-0.15, -0.1) is 0 Å². The largest absolute Gasteiger partial charge is 0.481 e. The maximum atomic E-state index is 11.7.